The van der Waals surface area contributed by atoms with E-state index in [1.807, 2.05) is 0 Å². The molecule has 5 heterocycles. The van der Waals surface area contributed by atoms with Crippen LogP contribution in [-0.2, 0) is 26.0 Å². The molecule has 7 rings (SSSR count). The van der Waals surface area contributed by atoms with Gasteiger partial charge in [0, 0.05) is 67.9 Å². The maximum Gasteiger partial charge on any atom is 0.417 e. The summed E-state index contributed by atoms with van der Waals surface area (Å²) in [6.07, 6.45) is -0.234. The molecule has 39 heavy (non-hydrogen) atoms. The summed E-state index contributed by atoms with van der Waals surface area (Å²) in [5.74, 6) is 0.0388. The lowest BCUT2D eigenvalue weighted by molar-refractivity contribution is -0.138. The van der Waals surface area contributed by atoms with Crippen molar-refractivity contribution < 1.29 is 37.6 Å². The maximum atomic E-state index is 13.3. The van der Waals surface area contributed by atoms with Crippen molar-refractivity contribution >= 4 is 0 Å². The number of aromatic nitrogens is 2. The normalized spacial score (nSPS) is 29.7. The van der Waals surface area contributed by atoms with Gasteiger partial charge in [-0.15, -0.1) is 0 Å². The van der Waals surface area contributed by atoms with E-state index < -0.39 is 35.7 Å². The van der Waals surface area contributed by atoms with Gasteiger partial charge in [-0.2, -0.15) is 13.2 Å². The van der Waals surface area contributed by atoms with Crippen LogP contribution in [0.15, 0.2) is 18.3 Å². The first-order valence-electron chi connectivity index (χ1n) is 14.0. The minimum absolute atomic E-state index is 0.0388. The van der Waals surface area contributed by atoms with Crippen LogP contribution in [0.3, 0.4) is 0 Å². The number of ether oxygens (including phenoxy) is 3. The number of pyridine rings is 2. The third kappa shape index (κ3) is 3.97. The van der Waals surface area contributed by atoms with Gasteiger partial charge < -0.3 is 24.4 Å². The lowest BCUT2D eigenvalue weighted by Crippen LogP contribution is -2.43. The van der Waals surface area contributed by atoms with Crippen molar-refractivity contribution in [3.8, 4) is 0 Å². The third-order valence-corrected chi connectivity index (χ3v) is 9.81. The molecule has 1 saturated carbocycles. The Morgan fingerprint density at radius 1 is 0.897 bits per heavy atom. The number of hydrogen-bond acceptors (Lipinski definition) is 7. The molecule has 7 nitrogen and oxygen atoms in total. The summed E-state index contributed by atoms with van der Waals surface area (Å²) in [7, 11) is 0. The molecular weight excluding hydrogens is 513 g/mol. The monoisotopic (exact) mass is 546 g/mol. The van der Waals surface area contributed by atoms with E-state index in [1.165, 1.54) is 6.07 Å². The Balaban J connectivity index is 1.45. The number of fused-ring (bicyclic) bond motifs is 4. The SMILES string of the molecule is OC1CC2(CCC2)C(O)c2nc(C3CCOCC3)c3c(c21)C1(CCOCC1)O[C@@H]3c1ccc(C(F)(F)F)cn1. The predicted octanol–water partition coefficient (Wildman–Crippen LogP) is 5.16. The van der Waals surface area contributed by atoms with Gasteiger partial charge in [0.05, 0.1) is 34.4 Å². The molecule has 2 N–H and O–H groups in total. The zero-order valence-electron chi connectivity index (χ0n) is 21.7. The summed E-state index contributed by atoms with van der Waals surface area (Å²) in [5.41, 5.74) is 2.02. The van der Waals surface area contributed by atoms with Crippen molar-refractivity contribution in [1.29, 1.82) is 0 Å². The van der Waals surface area contributed by atoms with Gasteiger partial charge in [-0.1, -0.05) is 6.42 Å². The first-order valence-corrected chi connectivity index (χ1v) is 14.0. The zero-order chi connectivity index (χ0) is 27.0. The standard InChI is InChI=1S/C29H33F3N2O5/c30-29(31,32)17-2-3-18(33-15-17)25-21-22(28(39-25)8-12-38-13-9-28)20-19(35)14-27(6-1-7-27)26(36)24(20)34-23(21)16-4-10-37-11-5-16/h2-3,15-16,19,25-26,35-36H,1,4-14H2/t19?,25-,26?/m1/s1. The maximum absolute atomic E-state index is 13.3. The minimum atomic E-state index is -4.49. The van der Waals surface area contributed by atoms with Gasteiger partial charge in [-0.3, -0.25) is 9.97 Å². The van der Waals surface area contributed by atoms with Gasteiger partial charge in [0.25, 0.3) is 0 Å². The quantitative estimate of drug-likeness (QED) is 0.538. The number of nitrogens with zero attached hydrogens (tertiary/aromatic N) is 2. The molecule has 2 aliphatic carbocycles. The number of rotatable bonds is 2. The van der Waals surface area contributed by atoms with Gasteiger partial charge in [-0.05, 0) is 49.8 Å². The van der Waals surface area contributed by atoms with Gasteiger partial charge >= 0.3 is 6.18 Å². The highest BCUT2D eigenvalue weighted by Gasteiger charge is 2.57. The minimum Gasteiger partial charge on any atom is -0.388 e. The predicted molar refractivity (Wildman–Crippen MR) is 132 cm³/mol. The number of aliphatic hydroxyl groups is 2. The Morgan fingerprint density at radius 2 is 1.62 bits per heavy atom. The molecule has 210 valence electrons. The molecule has 2 saturated heterocycles. The van der Waals surface area contributed by atoms with Crippen molar-refractivity contribution in [3.63, 3.8) is 0 Å². The van der Waals surface area contributed by atoms with Crippen molar-refractivity contribution in [1.82, 2.24) is 9.97 Å². The average Bonchev–Trinajstić information content (AvgIpc) is 3.23. The van der Waals surface area contributed by atoms with Gasteiger partial charge in [0.2, 0.25) is 0 Å². The molecule has 0 amide bonds. The molecule has 5 aliphatic rings. The van der Waals surface area contributed by atoms with Crippen LogP contribution in [-0.4, -0.2) is 46.6 Å². The Bertz CT molecular complexity index is 1250. The summed E-state index contributed by atoms with van der Waals surface area (Å²) in [6.45, 7) is 2.07. The van der Waals surface area contributed by atoms with Crippen LogP contribution in [0.4, 0.5) is 13.2 Å². The number of alkyl halides is 3. The topological polar surface area (TPSA) is 93.9 Å². The fourth-order valence-corrected chi connectivity index (χ4v) is 7.58. The molecular formula is C29H33F3N2O5. The Morgan fingerprint density at radius 3 is 2.23 bits per heavy atom. The second-order valence-corrected chi connectivity index (χ2v) is 11.9. The van der Waals surface area contributed by atoms with E-state index in [1.54, 1.807) is 0 Å². The summed E-state index contributed by atoms with van der Waals surface area (Å²) >= 11 is 0. The summed E-state index contributed by atoms with van der Waals surface area (Å²) < 4.78 is 58.2. The molecule has 2 aromatic rings. The summed E-state index contributed by atoms with van der Waals surface area (Å²) in [5, 5.41) is 23.3. The van der Waals surface area contributed by atoms with E-state index in [-0.39, 0.29) is 11.3 Å². The summed E-state index contributed by atoms with van der Waals surface area (Å²) in [4.78, 5) is 9.38. The van der Waals surface area contributed by atoms with Crippen LogP contribution >= 0.6 is 0 Å². The first kappa shape index (κ1) is 25.8. The Hall–Kier alpha value is -2.11. The molecule has 10 heteroatoms. The smallest absolute Gasteiger partial charge is 0.388 e. The fourth-order valence-electron chi connectivity index (χ4n) is 7.58. The number of aliphatic hydroxyl groups excluding tert-OH is 2. The molecule has 2 spiro atoms. The van der Waals surface area contributed by atoms with E-state index in [2.05, 4.69) is 4.98 Å². The van der Waals surface area contributed by atoms with Crippen LogP contribution in [0.1, 0.15) is 115 Å². The van der Waals surface area contributed by atoms with Crippen LogP contribution in [0.2, 0.25) is 0 Å². The average molecular weight is 547 g/mol. The highest BCUT2D eigenvalue weighted by molar-refractivity contribution is 5.54. The van der Waals surface area contributed by atoms with Gasteiger partial charge in [0.1, 0.15) is 12.2 Å². The number of halogens is 3. The zero-order valence-corrected chi connectivity index (χ0v) is 21.7. The lowest BCUT2D eigenvalue weighted by Gasteiger charge is -2.51. The summed E-state index contributed by atoms with van der Waals surface area (Å²) in [6, 6.07) is 2.43. The molecule has 2 aromatic heterocycles. The van der Waals surface area contributed by atoms with E-state index in [0.717, 1.165) is 61.2 Å². The van der Waals surface area contributed by atoms with E-state index in [4.69, 9.17) is 19.2 Å². The fraction of sp³-hybridized carbons (Fsp3) is 0.655. The molecule has 0 radical (unpaired) electrons. The third-order valence-electron chi connectivity index (χ3n) is 9.81. The largest absolute Gasteiger partial charge is 0.417 e. The molecule has 3 fully saturated rings. The van der Waals surface area contributed by atoms with Crippen molar-refractivity contribution in [2.24, 2.45) is 5.41 Å². The van der Waals surface area contributed by atoms with Gasteiger partial charge in [-0.25, -0.2) is 0 Å². The highest BCUT2D eigenvalue weighted by Crippen LogP contribution is 2.63. The van der Waals surface area contributed by atoms with E-state index in [9.17, 15) is 23.4 Å². The molecule has 3 atom stereocenters. The Labute approximate surface area is 224 Å². The second-order valence-electron chi connectivity index (χ2n) is 11.9. The van der Waals surface area contributed by atoms with E-state index >= 15 is 0 Å². The van der Waals surface area contributed by atoms with Crippen LogP contribution in [0, 0.1) is 5.41 Å². The first-order chi connectivity index (χ1) is 18.7. The van der Waals surface area contributed by atoms with Gasteiger partial charge in [0.15, 0.2) is 0 Å². The van der Waals surface area contributed by atoms with Crippen LogP contribution < -0.4 is 0 Å². The second kappa shape index (κ2) is 9.21. The molecule has 2 unspecified atom stereocenters. The van der Waals surface area contributed by atoms with Crippen molar-refractivity contribution in [2.45, 2.75) is 87.4 Å². The van der Waals surface area contributed by atoms with Crippen molar-refractivity contribution in [2.75, 3.05) is 26.4 Å². The number of hydrogen-bond donors (Lipinski definition) is 2. The van der Waals surface area contributed by atoms with Crippen LogP contribution in [0.5, 0.6) is 0 Å². The molecule has 3 aliphatic heterocycles. The van der Waals surface area contributed by atoms with Crippen LogP contribution in [0.25, 0.3) is 0 Å². The lowest BCUT2D eigenvalue weighted by atomic mass is 9.57. The molecule has 0 bridgehead atoms. The molecule has 0 aromatic carbocycles. The highest BCUT2D eigenvalue weighted by atomic mass is 19.4. The van der Waals surface area contributed by atoms with E-state index in [0.29, 0.717) is 62.6 Å². The Kier molecular flexibility index (Phi) is 6.10. The van der Waals surface area contributed by atoms with Crippen molar-refractivity contribution in [3.05, 3.63) is 57.7 Å².